The van der Waals surface area contributed by atoms with Crippen molar-refractivity contribution in [3.8, 4) is 5.75 Å². The molecule has 4 rings (SSSR count). The fourth-order valence-electron chi connectivity index (χ4n) is 3.55. The second-order valence-corrected chi connectivity index (χ2v) is 7.92. The van der Waals surface area contributed by atoms with Crippen LogP contribution < -0.4 is 20.5 Å². The molecule has 2 aromatic heterocycles. The summed E-state index contributed by atoms with van der Waals surface area (Å²) in [6, 6.07) is 7.24. The van der Waals surface area contributed by atoms with Gasteiger partial charge in [0.25, 0.3) is 5.56 Å². The highest BCUT2D eigenvalue weighted by molar-refractivity contribution is 6.32. The summed E-state index contributed by atoms with van der Waals surface area (Å²) in [5.74, 6) is 1.26. The number of aryl methyl sites for hydroxylation is 1. The number of fused-ring (bicyclic) bond motifs is 1. The third-order valence-corrected chi connectivity index (χ3v) is 5.63. The van der Waals surface area contributed by atoms with E-state index in [4.69, 9.17) is 16.3 Å². The summed E-state index contributed by atoms with van der Waals surface area (Å²) >= 11 is 6.32. The first-order valence-corrected chi connectivity index (χ1v) is 10.7. The summed E-state index contributed by atoms with van der Waals surface area (Å²) in [5.41, 5.74) is 1.22. The molecule has 1 aromatic carbocycles. The van der Waals surface area contributed by atoms with E-state index in [0.717, 1.165) is 42.5 Å². The monoisotopic (exact) mass is 441 g/mol. The molecule has 31 heavy (non-hydrogen) atoms. The number of carbonyl (C=O) groups is 1. The highest BCUT2D eigenvalue weighted by Gasteiger charge is 2.17. The zero-order chi connectivity index (χ0) is 22.0. The molecule has 0 bridgehead atoms. The maximum atomic E-state index is 12.5. The molecule has 1 fully saturated rings. The van der Waals surface area contributed by atoms with Gasteiger partial charge in [-0.2, -0.15) is 4.98 Å². The lowest BCUT2D eigenvalue weighted by atomic mass is 10.2. The van der Waals surface area contributed by atoms with Crippen molar-refractivity contribution in [3.05, 3.63) is 45.8 Å². The van der Waals surface area contributed by atoms with Crippen molar-refractivity contribution in [3.63, 3.8) is 0 Å². The Balaban J connectivity index is 1.64. The average molecular weight is 442 g/mol. The van der Waals surface area contributed by atoms with Crippen LogP contribution in [0.5, 0.6) is 5.75 Å². The molecule has 0 saturated carbocycles. The van der Waals surface area contributed by atoms with E-state index in [1.165, 1.54) is 4.57 Å². The van der Waals surface area contributed by atoms with Gasteiger partial charge in [0.2, 0.25) is 5.95 Å². The third-order valence-electron chi connectivity index (χ3n) is 5.36. The number of hydrogen-bond acceptors (Lipinski definition) is 7. The van der Waals surface area contributed by atoms with Gasteiger partial charge in [-0.3, -0.25) is 9.59 Å². The van der Waals surface area contributed by atoms with Gasteiger partial charge >= 0.3 is 0 Å². The molecular weight excluding hydrogens is 418 g/mol. The van der Waals surface area contributed by atoms with Gasteiger partial charge in [-0.15, -0.1) is 0 Å². The molecule has 0 aliphatic carbocycles. The summed E-state index contributed by atoms with van der Waals surface area (Å²) in [5, 5.41) is 4.46. The number of nitrogens with one attached hydrogen (secondary N) is 1. The smallest absolute Gasteiger partial charge is 0.293 e. The number of benzene rings is 1. The van der Waals surface area contributed by atoms with E-state index < -0.39 is 0 Å². The van der Waals surface area contributed by atoms with Gasteiger partial charge in [-0.1, -0.05) is 18.5 Å². The van der Waals surface area contributed by atoms with Crippen molar-refractivity contribution in [1.82, 2.24) is 14.5 Å². The number of Topliss-reactive ketones (excluding diaryl/α,β-unsaturated/α-hetero) is 1. The minimum atomic E-state index is -0.286. The molecule has 0 unspecified atom stereocenters. The Hall–Kier alpha value is -3.13. The quantitative estimate of drug-likeness (QED) is 0.598. The molecule has 0 atom stereocenters. The number of carbonyl (C=O) groups excluding carboxylic acids is 1. The Kier molecular flexibility index (Phi) is 6.08. The molecule has 1 saturated heterocycles. The number of aromatic nitrogens is 3. The molecule has 3 aromatic rings. The standard InChI is InChI=1S/C22H24ClN5O3/c1-3-16(29)13-31-19-11-14-10-15(6-7-18(14)27(2)21(19)30)25-20-17(23)12-24-22(26-20)28-8-4-5-9-28/h6-7,10-12H,3-5,8-9,13H2,1-2H3,(H,24,25,26). The van der Waals surface area contributed by atoms with Gasteiger partial charge in [0.15, 0.2) is 17.4 Å². The second-order valence-electron chi connectivity index (χ2n) is 7.51. The van der Waals surface area contributed by atoms with Crippen molar-refractivity contribution in [2.75, 3.05) is 29.9 Å². The Bertz CT molecular complexity index is 1190. The molecule has 1 N–H and O–H groups in total. The number of hydrogen-bond donors (Lipinski definition) is 1. The van der Waals surface area contributed by atoms with Crippen LogP contribution in [0.4, 0.5) is 17.5 Å². The Morgan fingerprint density at radius 3 is 2.77 bits per heavy atom. The van der Waals surface area contributed by atoms with E-state index in [1.807, 2.05) is 18.2 Å². The molecule has 0 amide bonds. The van der Waals surface area contributed by atoms with E-state index >= 15 is 0 Å². The van der Waals surface area contributed by atoms with E-state index in [0.29, 0.717) is 23.2 Å². The van der Waals surface area contributed by atoms with Crippen LogP contribution in [-0.4, -0.2) is 40.0 Å². The van der Waals surface area contributed by atoms with E-state index in [1.54, 1.807) is 26.2 Å². The highest BCUT2D eigenvalue weighted by atomic mass is 35.5. The van der Waals surface area contributed by atoms with Crippen molar-refractivity contribution in [2.45, 2.75) is 26.2 Å². The van der Waals surface area contributed by atoms with Gasteiger partial charge in [-0.25, -0.2) is 4.98 Å². The van der Waals surface area contributed by atoms with E-state index in [2.05, 4.69) is 20.2 Å². The number of pyridine rings is 1. The van der Waals surface area contributed by atoms with Crippen LogP contribution in [0.1, 0.15) is 26.2 Å². The first-order chi connectivity index (χ1) is 15.0. The van der Waals surface area contributed by atoms with Crippen LogP contribution in [0.15, 0.2) is 35.3 Å². The zero-order valence-electron chi connectivity index (χ0n) is 17.5. The van der Waals surface area contributed by atoms with Gasteiger partial charge in [0, 0.05) is 37.6 Å². The molecule has 0 spiro atoms. The van der Waals surface area contributed by atoms with E-state index in [9.17, 15) is 9.59 Å². The van der Waals surface area contributed by atoms with Gasteiger partial charge < -0.3 is 19.5 Å². The number of nitrogens with zero attached hydrogens (tertiary/aromatic N) is 4. The lowest BCUT2D eigenvalue weighted by molar-refractivity contribution is -0.120. The van der Waals surface area contributed by atoms with Crippen molar-refractivity contribution in [1.29, 1.82) is 0 Å². The van der Waals surface area contributed by atoms with Crippen LogP contribution in [0.25, 0.3) is 10.9 Å². The van der Waals surface area contributed by atoms with Crippen LogP contribution >= 0.6 is 11.6 Å². The molecule has 162 valence electrons. The molecular formula is C22H24ClN5O3. The first-order valence-electron chi connectivity index (χ1n) is 10.3. The molecule has 3 heterocycles. The normalized spacial score (nSPS) is 13.6. The minimum absolute atomic E-state index is 0.0650. The predicted octanol–water partition coefficient (Wildman–Crippen LogP) is 3.68. The van der Waals surface area contributed by atoms with Crippen LogP contribution in [0.3, 0.4) is 0 Å². The molecule has 9 heteroatoms. The Labute approximate surface area is 184 Å². The average Bonchev–Trinajstić information content (AvgIpc) is 3.31. The highest BCUT2D eigenvalue weighted by Crippen LogP contribution is 2.28. The summed E-state index contributed by atoms with van der Waals surface area (Å²) < 4.78 is 6.99. The molecule has 0 radical (unpaired) electrons. The number of halogens is 1. The lowest BCUT2D eigenvalue weighted by Gasteiger charge is -2.17. The molecule has 8 nitrogen and oxygen atoms in total. The maximum Gasteiger partial charge on any atom is 0.293 e. The SMILES string of the molecule is CCC(=O)COc1cc2cc(Nc3nc(N4CCCC4)ncc3Cl)ccc2n(C)c1=O. The van der Waals surface area contributed by atoms with E-state index in [-0.39, 0.29) is 23.7 Å². The van der Waals surface area contributed by atoms with Crippen molar-refractivity contribution >= 4 is 45.7 Å². The minimum Gasteiger partial charge on any atom is -0.480 e. The lowest BCUT2D eigenvalue weighted by Crippen LogP contribution is -2.22. The number of ether oxygens (including phenoxy) is 1. The summed E-state index contributed by atoms with van der Waals surface area (Å²) in [6.07, 6.45) is 4.23. The van der Waals surface area contributed by atoms with Crippen LogP contribution in [0, 0.1) is 0 Å². The summed E-state index contributed by atoms with van der Waals surface area (Å²) in [6.45, 7) is 3.52. The van der Waals surface area contributed by atoms with Gasteiger partial charge in [-0.05, 0) is 37.1 Å². The largest absolute Gasteiger partial charge is 0.480 e. The molecule has 1 aliphatic heterocycles. The van der Waals surface area contributed by atoms with Gasteiger partial charge in [0.05, 0.1) is 11.7 Å². The zero-order valence-corrected chi connectivity index (χ0v) is 18.3. The fourth-order valence-corrected chi connectivity index (χ4v) is 3.68. The Morgan fingerprint density at radius 1 is 1.26 bits per heavy atom. The predicted molar refractivity (Wildman–Crippen MR) is 122 cm³/mol. The van der Waals surface area contributed by atoms with Gasteiger partial charge in [0.1, 0.15) is 11.6 Å². The number of rotatable bonds is 7. The Morgan fingerprint density at radius 2 is 2.03 bits per heavy atom. The van der Waals surface area contributed by atoms with Crippen LogP contribution in [-0.2, 0) is 11.8 Å². The third kappa shape index (κ3) is 4.49. The molecule has 1 aliphatic rings. The van der Waals surface area contributed by atoms with Crippen molar-refractivity contribution in [2.24, 2.45) is 7.05 Å². The first kappa shape index (κ1) is 21.1. The fraction of sp³-hybridized carbons (Fsp3) is 0.364. The van der Waals surface area contributed by atoms with Crippen LogP contribution in [0.2, 0.25) is 5.02 Å². The number of anilines is 3. The van der Waals surface area contributed by atoms with Crippen molar-refractivity contribution < 1.29 is 9.53 Å². The second kappa shape index (κ2) is 8.93. The number of ketones is 1. The summed E-state index contributed by atoms with van der Waals surface area (Å²) in [4.78, 5) is 35.2. The topological polar surface area (TPSA) is 89.3 Å². The summed E-state index contributed by atoms with van der Waals surface area (Å²) in [7, 11) is 1.68. The maximum absolute atomic E-state index is 12.5.